The van der Waals surface area contributed by atoms with Crippen molar-refractivity contribution < 1.29 is 14.3 Å². The predicted molar refractivity (Wildman–Crippen MR) is 111 cm³/mol. The quantitative estimate of drug-likeness (QED) is 0.840. The molecule has 0 saturated carbocycles. The van der Waals surface area contributed by atoms with Gasteiger partial charge in [0.2, 0.25) is 5.91 Å². The summed E-state index contributed by atoms with van der Waals surface area (Å²) in [6.07, 6.45) is 1.02. The maximum Gasteiger partial charge on any atom is 0.410 e. The fraction of sp³-hybridized carbons (Fsp3) is 0.636. The zero-order chi connectivity index (χ0) is 20.9. The number of carbonyl (C=O) groups is 2. The fourth-order valence-electron chi connectivity index (χ4n) is 3.55. The van der Waals surface area contributed by atoms with E-state index in [-0.39, 0.29) is 18.0 Å². The Morgan fingerprint density at radius 2 is 1.82 bits per heavy atom. The van der Waals surface area contributed by atoms with Crippen LogP contribution < -0.4 is 5.73 Å². The fourth-order valence-corrected chi connectivity index (χ4v) is 3.55. The first-order valence-electron chi connectivity index (χ1n) is 10.1. The number of nitrogens with zero attached hydrogens (tertiary/aromatic N) is 2. The molecule has 1 aromatic rings. The molecule has 0 aliphatic carbocycles. The van der Waals surface area contributed by atoms with Gasteiger partial charge in [-0.05, 0) is 45.1 Å². The number of carbonyl (C=O) groups excluding carboxylic acids is 2. The van der Waals surface area contributed by atoms with E-state index in [1.165, 1.54) is 0 Å². The number of piperazine rings is 1. The number of amides is 2. The van der Waals surface area contributed by atoms with Crippen molar-refractivity contribution in [1.82, 2.24) is 9.80 Å². The van der Waals surface area contributed by atoms with Gasteiger partial charge in [-0.2, -0.15) is 0 Å². The normalized spacial score (nSPS) is 18.9. The first-order valence-corrected chi connectivity index (χ1v) is 10.1. The molecule has 6 nitrogen and oxygen atoms in total. The highest BCUT2D eigenvalue weighted by Gasteiger charge is 2.36. The number of ether oxygens (including phenoxy) is 1. The molecule has 2 N–H and O–H groups in total. The maximum atomic E-state index is 13.1. The van der Waals surface area contributed by atoms with Crippen molar-refractivity contribution >= 4 is 12.0 Å². The Kier molecular flexibility index (Phi) is 7.47. The molecule has 28 heavy (non-hydrogen) atoms. The lowest BCUT2D eigenvalue weighted by molar-refractivity contribution is -0.138. The molecule has 2 rings (SSSR count). The van der Waals surface area contributed by atoms with Gasteiger partial charge in [-0.15, -0.1) is 0 Å². The number of nitrogens with two attached hydrogens (primary N) is 1. The van der Waals surface area contributed by atoms with Gasteiger partial charge in [0, 0.05) is 25.7 Å². The second kappa shape index (κ2) is 9.41. The second-order valence-electron chi connectivity index (χ2n) is 9.04. The molecule has 156 valence electrons. The van der Waals surface area contributed by atoms with E-state index in [0.29, 0.717) is 32.0 Å². The summed E-state index contributed by atoms with van der Waals surface area (Å²) in [6, 6.07) is 9.20. The highest BCUT2D eigenvalue weighted by Crippen LogP contribution is 2.21. The van der Waals surface area contributed by atoms with Crippen LogP contribution in [0.5, 0.6) is 0 Å². The van der Waals surface area contributed by atoms with Gasteiger partial charge >= 0.3 is 6.09 Å². The van der Waals surface area contributed by atoms with E-state index in [4.69, 9.17) is 10.5 Å². The van der Waals surface area contributed by atoms with Crippen molar-refractivity contribution in [1.29, 1.82) is 0 Å². The summed E-state index contributed by atoms with van der Waals surface area (Å²) in [7, 11) is 0. The Morgan fingerprint density at radius 3 is 2.39 bits per heavy atom. The summed E-state index contributed by atoms with van der Waals surface area (Å²) < 4.78 is 5.51. The van der Waals surface area contributed by atoms with Gasteiger partial charge in [0.25, 0.3) is 0 Å². The van der Waals surface area contributed by atoms with Crippen LogP contribution in [0.25, 0.3) is 0 Å². The minimum Gasteiger partial charge on any atom is -0.444 e. The summed E-state index contributed by atoms with van der Waals surface area (Å²) in [5, 5.41) is 0. The SMILES string of the molecule is CC(C)C[C@H]1CN(C(=O)OC(C)(C)C)CCN1C(=O)[C@@H](N)Cc1ccccc1. The van der Waals surface area contributed by atoms with Gasteiger partial charge in [-0.1, -0.05) is 44.2 Å². The molecule has 1 fully saturated rings. The van der Waals surface area contributed by atoms with Crippen molar-refractivity contribution in [3.05, 3.63) is 35.9 Å². The average molecular weight is 390 g/mol. The highest BCUT2D eigenvalue weighted by molar-refractivity contribution is 5.82. The third kappa shape index (κ3) is 6.51. The van der Waals surface area contributed by atoms with Crippen molar-refractivity contribution in [3.8, 4) is 0 Å². The lowest BCUT2D eigenvalue weighted by Crippen LogP contribution is -2.60. The maximum absolute atomic E-state index is 13.1. The molecule has 1 aliphatic rings. The summed E-state index contributed by atoms with van der Waals surface area (Å²) in [4.78, 5) is 29.1. The standard InChI is InChI=1S/C22H35N3O3/c1-16(2)13-18-15-24(21(27)28-22(3,4)5)11-12-25(18)20(26)19(23)14-17-9-7-6-8-10-17/h6-10,16,18-19H,11-15,23H2,1-5H3/t18-,19-/m0/s1. The van der Waals surface area contributed by atoms with Gasteiger partial charge in [0.1, 0.15) is 5.60 Å². The van der Waals surface area contributed by atoms with Crippen molar-refractivity contribution in [2.45, 2.75) is 65.1 Å². The zero-order valence-corrected chi connectivity index (χ0v) is 17.9. The van der Waals surface area contributed by atoms with Crippen LogP contribution in [-0.2, 0) is 16.0 Å². The molecule has 1 aromatic carbocycles. The Bertz CT molecular complexity index is 655. The van der Waals surface area contributed by atoms with Gasteiger partial charge in [0.15, 0.2) is 0 Å². The molecule has 1 aliphatic heterocycles. The number of hydrogen-bond donors (Lipinski definition) is 1. The van der Waals surface area contributed by atoms with E-state index in [9.17, 15) is 9.59 Å². The Morgan fingerprint density at radius 1 is 1.18 bits per heavy atom. The summed E-state index contributed by atoms with van der Waals surface area (Å²) in [5.41, 5.74) is 6.77. The highest BCUT2D eigenvalue weighted by atomic mass is 16.6. The van der Waals surface area contributed by atoms with Crippen LogP contribution in [-0.4, -0.2) is 59.1 Å². The number of hydrogen-bond acceptors (Lipinski definition) is 4. The van der Waals surface area contributed by atoms with Crippen LogP contribution in [0.1, 0.15) is 46.6 Å². The summed E-state index contributed by atoms with van der Waals surface area (Å²) >= 11 is 0. The van der Waals surface area contributed by atoms with Crippen molar-refractivity contribution in [3.63, 3.8) is 0 Å². The van der Waals surface area contributed by atoms with E-state index in [1.807, 2.05) is 56.0 Å². The molecule has 1 heterocycles. The molecule has 0 spiro atoms. The van der Waals surface area contributed by atoms with Crippen molar-refractivity contribution in [2.24, 2.45) is 11.7 Å². The number of rotatable bonds is 5. The van der Waals surface area contributed by atoms with Crippen LogP contribution in [0, 0.1) is 5.92 Å². The summed E-state index contributed by atoms with van der Waals surface area (Å²) in [6.45, 7) is 11.3. The van der Waals surface area contributed by atoms with E-state index in [1.54, 1.807) is 4.90 Å². The lowest BCUT2D eigenvalue weighted by Gasteiger charge is -2.43. The predicted octanol–water partition coefficient (Wildman–Crippen LogP) is 3.05. The molecule has 2 atom stereocenters. The van der Waals surface area contributed by atoms with Gasteiger partial charge in [0.05, 0.1) is 6.04 Å². The topological polar surface area (TPSA) is 75.9 Å². The van der Waals surface area contributed by atoms with E-state index < -0.39 is 11.6 Å². The Hall–Kier alpha value is -2.08. The molecule has 0 radical (unpaired) electrons. The monoisotopic (exact) mass is 389 g/mol. The van der Waals surface area contributed by atoms with E-state index in [0.717, 1.165) is 12.0 Å². The minimum absolute atomic E-state index is 0.0432. The average Bonchev–Trinajstić information content (AvgIpc) is 2.60. The van der Waals surface area contributed by atoms with Crippen LogP contribution >= 0.6 is 0 Å². The minimum atomic E-state index is -0.579. The van der Waals surface area contributed by atoms with E-state index >= 15 is 0 Å². The van der Waals surface area contributed by atoms with Gasteiger partial charge in [-0.25, -0.2) is 4.79 Å². The van der Waals surface area contributed by atoms with Gasteiger partial charge < -0.3 is 20.3 Å². The van der Waals surface area contributed by atoms with Crippen LogP contribution in [0.15, 0.2) is 30.3 Å². The molecular formula is C22H35N3O3. The lowest BCUT2D eigenvalue weighted by atomic mass is 9.98. The third-order valence-corrected chi connectivity index (χ3v) is 4.78. The molecule has 1 saturated heterocycles. The molecule has 6 heteroatoms. The molecule has 0 bridgehead atoms. The van der Waals surface area contributed by atoms with Crippen molar-refractivity contribution in [2.75, 3.05) is 19.6 Å². The summed E-state index contributed by atoms with van der Waals surface area (Å²) in [5.74, 6) is 0.363. The molecule has 0 unspecified atom stereocenters. The number of benzene rings is 1. The second-order valence-corrected chi connectivity index (χ2v) is 9.04. The van der Waals surface area contributed by atoms with Crippen LogP contribution in [0.4, 0.5) is 4.79 Å². The first kappa shape index (κ1) is 22.2. The smallest absolute Gasteiger partial charge is 0.410 e. The largest absolute Gasteiger partial charge is 0.444 e. The Balaban J connectivity index is 2.06. The molecule has 0 aromatic heterocycles. The first-order chi connectivity index (χ1) is 13.1. The van der Waals surface area contributed by atoms with E-state index in [2.05, 4.69) is 13.8 Å². The van der Waals surface area contributed by atoms with Crippen LogP contribution in [0.2, 0.25) is 0 Å². The van der Waals surface area contributed by atoms with Gasteiger partial charge in [-0.3, -0.25) is 4.79 Å². The zero-order valence-electron chi connectivity index (χ0n) is 17.9. The molecular weight excluding hydrogens is 354 g/mol. The molecule has 2 amide bonds. The third-order valence-electron chi connectivity index (χ3n) is 4.78. The van der Waals surface area contributed by atoms with Crippen LogP contribution in [0.3, 0.4) is 0 Å². The Labute approximate surface area is 169 Å².